The predicted molar refractivity (Wildman–Crippen MR) is 270 cm³/mol. The zero-order valence-corrected chi connectivity index (χ0v) is 35.7. The number of rotatable bonds is 7. The first kappa shape index (κ1) is 36.7. The molecule has 0 bridgehead atoms. The van der Waals surface area contributed by atoms with E-state index in [-0.39, 0.29) is 0 Å². The topological polar surface area (TPSA) is 6.48 Å². The smallest absolute Gasteiger partial charge is 0.0727 e. The second-order valence-corrected chi connectivity index (χ2v) is 17.9. The fraction of sp³-hybridized carbons (Fsp3) is 0.0164. The summed E-state index contributed by atoms with van der Waals surface area (Å²) in [7, 11) is 0. The molecule has 300 valence electrons. The molecule has 1 unspecified atom stereocenters. The Morgan fingerprint density at radius 1 is 0.297 bits per heavy atom. The normalized spacial score (nSPS) is 14.3. The van der Waals surface area contributed by atoms with Crippen LogP contribution in [0.4, 0.5) is 34.1 Å². The van der Waals surface area contributed by atoms with Gasteiger partial charge in [-0.25, -0.2) is 0 Å². The first-order valence-corrected chi connectivity index (χ1v) is 22.8. The molecule has 11 aromatic rings. The Bertz CT molecular complexity index is 3520. The van der Waals surface area contributed by atoms with Crippen LogP contribution in [0.2, 0.25) is 0 Å². The number of thiophene rings is 1. The molecule has 64 heavy (non-hydrogen) atoms. The number of para-hydroxylation sites is 3. The molecule has 0 aliphatic heterocycles. The van der Waals surface area contributed by atoms with E-state index in [1.54, 1.807) is 0 Å². The molecule has 2 aliphatic rings. The van der Waals surface area contributed by atoms with Crippen LogP contribution in [0, 0.1) is 0 Å². The van der Waals surface area contributed by atoms with E-state index in [4.69, 9.17) is 0 Å². The lowest BCUT2D eigenvalue weighted by atomic mass is 9.70. The molecule has 2 nitrogen and oxygen atoms in total. The van der Waals surface area contributed by atoms with Crippen molar-refractivity contribution in [2.75, 3.05) is 9.80 Å². The van der Waals surface area contributed by atoms with Crippen LogP contribution in [0.15, 0.2) is 243 Å². The van der Waals surface area contributed by atoms with Gasteiger partial charge in [-0.2, -0.15) is 0 Å². The minimum Gasteiger partial charge on any atom is -0.310 e. The SMILES string of the molecule is c1ccc(-c2ccccc2N(c2ccc3c(c2)C2(c4ccccc4-c4ccc(N(c5ccccc5)c5ccccc5)cc42)c2ccccc2-3)c2cccc3sc4ccccc4c23)cc1. The Balaban J connectivity index is 1.11. The van der Waals surface area contributed by atoms with Crippen molar-refractivity contribution in [3.05, 3.63) is 265 Å². The standard InChI is InChI=1S/C61H40N2S/c1-4-19-41(20-5-1)46-25-12-16-31-56(46)63(57-32-18-34-59-60(57)51-28-13-17-33-58(51)64-59)45-36-38-50-48-27-11-15-30-53(48)61(55(50)40-45)52-29-14-10-26-47(52)49-37-35-44(39-54(49)61)62(42-21-6-2-7-22-42)43-23-8-3-9-24-43/h1-40H. The van der Waals surface area contributed by atoms with Crippen molar-refractivity contribution in [2.45, 2.75) is 5.41 Å². The molecular weight excluding hydrogens is 793 g/mol. The summed E-state index contributed by atoms with van der Waals surface area (Å²) in [6, 6.07) is 89.6. The van der Waals surface area contributed by atoms with E-state index in [2.05, 4.69) is 252 Å². The molecular formula is C61H40N2S. The number of hydrogen-bond donors (Lipinski definition) is 0. The highest BCUT2D eigenvalue weighted by atomic mass is 32.1. The quantitative estimate of drug-likeness (QED) is 0.158. The molecule has 13 rings (SSSR count). The van der Waals surface area contributed by atoms with Crippen molar-refractivity contribution in [3.8, 4) is 33.4 Å². The summed E-state index contributed by atoms with van der Waals surface area (Å²) < 4.78 is 2.57. The van der Waals surface area contributed by atoms with Gasteiger partial charge in [0.15, 0.2) is 0 Å². The molecule has 0 radical (unpaired) electrons. The third kappa shape index (κ3) is 5.38. The lowest BCUT2D eigenvalue weighted by molar-refractivity contribution is 0.793. The van der Waals surface area contributed by atoms with Gasteiger partial charge < -0.3 is 9.80 Å². The van der Waals surface area contributed by atoms with Crippen LogP contribution in [-0.4, -0.2) is 0 Å². The summed E-state index contributed by atoms with van der Waals surface area (Å²) in [6.45, 7) is 0. The van der Waals surface area contributed by atoms with Gasteiger partial charge in [-0.15, -0.1) is 11.3 Å². The van der Waals surface area contributed by atoms with E-state index in [0.29, 0.717) is 0 Å². The molecule has 1 atom stereocenters. The Hall–Kier alpha value is -7.98. The van der Waals surface area contributed by atoms with Gasteiger partial charge in [-0.1, -0.05) is 170 Å². The highest BCUT2D eigenvalue weighted by molar-refractivity contribution is 7.26. The monoisotopic (exact) mass is 832 g/mol. The van der Waals surface area contributed by atoms with E-state index in [0.717, 1.165) is 28.4 Å². The van der Waals surface area contributed by atoms with Crippen molar-refractivity contribution in [1.82, 2.24) is 0 Å². The zero-order chi connectivity index (χ0) is 42.2. The fourth-order valence-electron chi connectivity index (χ4n) is 10.9. The van der Waals surface area contributed by atoms with Gasteiger partial charge in [-0.3, -0.25) is 0 Å². The molecule has 3 heteroatoms. The molecule has 0 amide bonds. The van der Waals surface area contributed by atoms with Crippen LogP contribution in [0.25, 0.3) is 53.6 Å². The number of anilines is 6. The average molecular weight is 833 g/mol. The maximum atomic E-state index is 2.53. The maximum absolute atomic E-state index is 2.53. The van der Waals surface area contributed by atoms with Crippen LogP contribution >= 0.6 is 11.3 Å². The molecule has 0 saturated heterocycles. The highest BCUT2D eigenvalue weighted by Crippen LogP contribution is 2.64. The third-order valence-corrected chi connectivity index (χ3v) is 14.6. The van der Waals surface area contributed by atoms with Gasteiger partial charge in [0.05, 0.1) is 16.8 Å². The minimum atomic E-state index is -0.575. The predicted octanol–water partition coefficient (Wildman–Crippen LogP) is 17.0. The van der Waals surface area contributed by atoms with E-state index < -0.39 is 5.41 Å². The van der Waals surface area contributed by atoms with Gasteiger partial charge in [0.2, 0.25) is 0 Å². The molecule has 0 saturated carbocycles. The first-order valence-electron chi connectivity index (χ1n) is 22.0. The van der Waals surface area contributed by atoms with Gasteiger partial charge in [0.1, 0.15) is 0 Å². The summed E-state index contributed by atoms with van der Waals surface area (Å²) in [4.78, 5) is 4.93. The maximum Gasteiger partial charge on any atom is 0.0727 e. The molecule has 1 spiro atoms. The van der Waals surface area contributed by atoms with Crippen molar-refractivity contribution < 1.29 is 0 Å². The Kier molecular flexibility index (Phi) is 8.34. The number of benzene rings is 10. The number of nitrogens with zero attached hydrogens (tertiary/aromatic N) is 2. The van der Waals surface area contributed by atoms with E-state index in [1.807, 2.05) is 11.3 Å². The van der Waals surface area contributed by atoms with E-state index >= 15 is 0 Å². The second-order valence-electron chi connectivity index (χ2n) is 16.8. The lowest BCUT2D eigenvalue weighted by Crippen LogP contribution is -2.26. The van der Waals surface area contributed by atoms with Crippen molar-refractivity contribution in [1.29, 1.82) is 0 Å². The van der Waals surface area contributed by atoms with Crippen LogP contribution in [0.1, 0.15) is 22.3 Å². The molecule has 0 N–H and O–H groups in total. The van der Waals surface area contributed by atoms with Crippen LogP contribution < -0.4 is 9.80 Å². The largest absolute Gasteiger partial charge is 0.310 e. The molecule has 1 heterocycles. The van der Waals surface area contributed by atoms with Gasteiger partial charge in [0, 0.05) is 48.5 Å². The number of hydrogen-bond acceptors (Lipinski definition) is 3. The summed E-state index contributed by atoms with van der Waals surface area (Å²) in [5, 5.41) is 2.55. The van der Waals surface area contributed by atoms with Crippen LogP contribution in [0.5, 0.6) is 0 Å². The fourth-order valence-corrected chi connectivity index (χ4v) is 12.0. The molecule has 0 fully saturated rings. The lowest BCUT2D eigenvalue weighted by Gasteiger charge is -2.34. The summed E-state index contributed by atoms with van der Waals surface area (Å²) in [5.74, 6) is 0. The molecule has 10 aromatic carbocycles. The van der Waals surface area contributed by atoms with Crippen molar-refractivity contribution in [2.24, 2.45) is 0 Å². The van der Waals surface area contributed by atoms with Crippen LogP contribution in [-0.2, 0) is 5.41 Å². The first-order chi connectivity index (χ1) is 31.8. The van der Waals surface area contributed by atoms with Gasteiger partial charge in [-0.05, 0) is 123 Å². The van der Waals surface area contributed by atoms with E-state index in [1.165, 1.54) is 81.5 Å². The molecule has 1 aromatic heterocycles. The third-order valence-electron chi connectivity index (χ3n) is 13.5. The van der Waals surface area contributed by atoms with Crippen LogP contribution in [0.3, 0.4) is 0 Å². The number of fused-ring (bicyclic) bond motifs is 13. The Morgan fingerprint density at radius 3 is 1.41 bits per heavy atom. The molecule has 2 aliphatic carbocycles. The Labute approximate surface area is 377 Å². The minimum absolute atomic E-state index is 0.575. The summed E-state index contributed by atoms with van der Waals surface area (Å²) in [5.41, 5.74) is 18.9. The Morgan fingerprint density at radius 2 is 0.766 bits per heavy atom. The summed E-state index contributed by atoms with van der Waals surface area (Å²) >= 11 is 1.87. The van der Waals surface area contributed by atoms with E-state index in [9.17, 15) is 0 Å². The van der Waals surface area contributed by atoms with Crippen molar-refractivity contribution >= 4 is 65.6 Å². The average Bonchev–Trinajstić information content (AvgIpc) is 3.99. The second kappa shape index (κ2) is 14.6. The highest BCUT2D eigenvalue weighted by Gasteiger charge is 2.52. The zero-order valence-electron chi connectivity index (χ0n) is 34.9. The van der Waals surface area contributed by atoms with Gasteiger partial charge in [0.25, 0.3) is 0 Å². The van der Waals surface area contributed by atoms with Gasteiger partial charge >= 0.3 is 0 Å². The van der Waals surface area contributed by atoms with Crippen molar-refractivity contribution in [3.63, 3.8) is 0 Å². The summed E-state index contributed by atoms with van der Waals surface area (Å²) in [6.07, 6.45) is 0.